The molecular weight excluding hydrogens is 318 g/mol. The van der Waals surface area contributed by atoms with Crippen LogP contribution < -0.4 is 5.32 Å². The van der Waals surface area contributed by atoms with Crippen molar-refractivity contribution in [1.82, 2.24) is 4.90 Å². The van der Waals surface area contributed by atoms with Gasteiger partial charge in [0.2, 0.25) is 0 Å². The van der Waals surface area contributed by atoms with E-state index >= 15 is 0 Å². The van der Waals surface area contributed by atoms with E-state index in [-0.39, 0.29) is 36.7 Å². The quantitative estimate of drug-likeness (QED) is 0.443. The predicted molar refractivity (Wildman–Crippen MR) is 84.2 cm³/mol. The number of carbonyl (C=O) groups excluding carboxylic acids is 2. The van der Waals surface area contributed by atoms with Gasteiger partial charge in [-0.3, -0.25) is 14.9 Å². The van der Waals surface area contributed by atoms with Crippen LogP contribution in [0.5, 0.6) is 0 Å². The zero-order valence-electron chi connectivity index (χ0n) is 13.2. The number of hydrogen-bond donors (Lipinski definition) is 2. The first-order chi connectivity index (χ1) is 11.4. The van der Waals surface area contributed by atoms with E-state index in [1.807, 2.05) is 0 Å². The molecule has 24 heavy (non-hydrogen) atoms. The lowest BCUT2D eigenvalue weighted by molar-refractivity contribution is -0.385. The normalized spacial score (nSPS) is 14.1. The number of methoxy groups -OCH3 is 1. The summed E-state index contributed by atoms with van der Waals surface area (Å²) in [5.41, 5.74) is 0.700. The summed E-state index contributed by atoms with van der Waals surface area (Å²) in [6, 6.07) is 4.41. The van der Waals surface area contributed by atoms with Gasteiger partial charge < -0.3 is 20.1 Å². The first-order valence-corrected chi connectivity index (χ1v) is 7.13. The number of carbonyl (C=O) groups is 2. The summed E-state index contributed by atoms with van der Waals surface area (Å²) in [6.45, 7) is 1.37. The maximum atomic E-state index is 12.4. The number of benzene rings is 1. The summed E-state index contributed by atoms with van der Waals surface area (Å²) >= 11 is 0. The van der Waals surface area contributed by atoms with Crippen molar-refractivity contribution in [1.29, 1.82) is 0 Å². The van der Waals surface area contributed by atoms with Gasteiger partial charge in [-0.25, -0.2) is 4.79 Å². The molecule has 0 bridgehead atoms. The van der Waals surface area contributed by atoms with E-state index in [1.54, 1.807) is 13.0 Å². The fourth-order valence-electron chi connectivity index (χ4n) is 2.44. The van der Waals surface area contributed by atoms with Crippen molar-refractivity contribution < 1.29 is 24.4 Å². The van der Waals surface area contributed by atoms with Crippen molar-refractivity contribution in [3.63, 3.8) is 0 Å². The molecule has 9 heteroatoms. The minimum absolute atomic E-state index is 0.00102. The lowest BCUT2D eigenvalue weighted by Crippen LogP contribution is -2.31. The van der Waals surface area contributed by atoms with E-state index < -0.39 is 16.8 Å². The number of amides is 1. The standard InChI is InChI=1S/C15H17N3O6/c1-9-11(4-3-5-12(9)18(22)23)16-13-10(15(21)24-2)8-17(6-7-19)14(13)20/h3-5,16,19H,6-8H2,1-2H3. The lowest BCUT2D eigenvalue weighted by Gasteiger charge is -2.15. The minimum atomic E-state index is -0.672. The summed E-state index contributed by atoms with van der Waals surface area (Å²) in [7, 11) is 1.20. The van der Waals surface area contributed by atoms with Gasteiger partial charge in [-0.1, -0.05) is 6.07 Å². The van der Waals surface area contributed by atoms with E-state index in [0.29, 0.717) is 11.3 Å². The Bertz CT molecular complexity index is 728. The maximum absolute atomic E-state index is 12.4. The lowest BCUT2D eigenvalue weighted by atomic mass is 10.1. The average molecular weight is 335 g/mol. The molecule has 0 saturated carbocycles. The first kappa shape index (κ1) is 17.4. The molecule has 0 radical (unpaired) electrons. The van der Waals surface area contributed by atoms with Crippen LogP contribution in [0.2, 0.25) is 0 Å². The molecule has 0 aromatic heterocycles. The second-order valence-electron chi connectivity index (χ2n) is 5.13. The largest absolute Gasteiger partial charge is 0.466 e. The number of ether oxygens (including phenoxy) is 1. The number of nitrogens with zero attached hydrogens (tertiary/aromatic N) is 2. The van der Waals surface area contributed by atoms with Crippen molar-refractivity contribution in [2.75, 3.05) is 32.1 Å². The van der Waals surface area contributed by atoms with Gasteiger partial charge in [0, 0.05) is 18.3 Å². The van der Waals surface area contributed by atoms with Crippen LogP contribution in [0.1, 0.15) is 5.56 Å². The molecule has 0 aliphatic carbocycles. The van der Waals surface area contributed by atoms with Crippen LogP contribution in [0.15, 0.2) is 29.5 Å². The third-order valence-corrected chi connectivity index (χ3v) is 3.72. The molecule has 1 aliphatic heterocycles. The van der Waals surface area contributed by atoms with Crippen LogP contribution >= 0.6 is 0 Å². The van der Waals surface area contributed by atoms with Gasteiger partial charge in [0.1, 0.15) is 5.70 Å². The van der Waals surface area contributed by atoms with E-state index in [4.69, 9.17) is 5.11 Å². The number of anilines is 1. The third kappa shape index (κ3) is 3.20. The summed E-state index contributed by atoms with van der Waals surface area (Å²) in [4.78, 5) is 36.1. The van der Waals surface area contributed by atoms with Crippen molar-refractivity contribution in [3.05, 3.63) is 45.1 Å². The molecule has 0 atom stereocenters. The van der Waals surface area contributed by atoms with Gasteiger partial charge in [0.15, 0.2) is 0 Å². The summed E-state index contributed by atoms with van der Waals surface area (Å²) in [6.07, 6.45) is 0. The highest BCUT2D eigenvalue weighted by atomic mass is 16.6. The van der Waals surface area contributed by atoms with Gasteiger partial charge in [0.25, 0.3) is 11.6 Å². The van der Waals surface area contributed by atoms with Crippen LogP contribution in [0, 0.1) is 17.0 Å². The molecule has 1 aliphatic rings. The number of nitro groups is 1. The number of aliphatic hydroxyl groups excluding tert-OH is 1. The number of β-amino-alcohol motifs (C(OH)–C–C–N with tert-alkyl or cyclic N) is 1. The van der Waals surface area contributed by atoms with Crippen molar-refractivity contribution in [3.8, 4) is 0 Å². The fourth-order valence-corrected chi connectivity index (χ4v) is 2.44. The first-order valence-electron chi connectivity index (χ1n) is 7.13. The summed E-state index contributed by atoms with van der Waals surface area (Å²) in [5, 5.41) is 22.8. The molecule has 128 valence electrons. The van der Waals surface area contributed by atoms with Crippen molar-refractivity contribution in [2.45, 2.75) is 6.92 Å². The molecule has 2 N–H and O–H groups in total. The van der Waals surface area contributed by atoms with E-state index in [0.717, 1.165) is 0 Å². The van der Waals surface area contributed by atoms with Crippen LogP contribution in [0.25, 0.3) is 0 Å². The number of rotatable bonds is 6. The maximum Gasteiger partial charge on any atom is 0.337 e. The van der Waals surface area contributed by atoms with E-state index in [1.165, 1.54) is 24.1 Å². The predicted octanol–water partition coefficient (Wildman–Crippen LogP) is 0.577. The number of nitrogens with one attached hydrogen (secondary N) is 1. The van der Waals surface area contributed by atoms with Gasteiger partial charge >= 0.3 is 5.97 Å². The molecule has 2 rings (SSSR count). The van der Waals surface area contributed by atoms with Gasteiger partial charge in [-0.2, -0.15) is 0 Å². The molecule has 9 nitrogen and oxygen atoms in total. The Balaban J connectivity index is 2.41. The van der Waals surface area contributed by atoms with Gasteiger partial charge in [0.05, 0.1) is 36.3 Å². The molecule has 1 amide bonds. The smallest absolute Gasteiger partial charge is 0.337 e. The summed E-state index contributed by atoms with van der Waals surface area (Å²) in [5.74, 6) is -1.15. The van der Waals surface area contributed by atoms with Crippen LogP contribution in [0.4, 0.5) is 11.4 Å². The SMILES string of the molecule is COC(=O)C1=C(Nc2cccc([N+](=O)[O-])c2C)C(=O)N(CCO)C1. The Morgan fingerprint density at radius 2 is 2.21 bits per heavy atom. The number of hydrogen-bond acceptors (Lipinski definition) is 7. The summed E-state index contributed by atoms with van der Waals surface area (Å²) < 4.78 is 4.68. The Morgan fingerprint density at radius 3 is 2.79 bits per heavy atom. The van der Waals surface area contributed by atoms with Crippen LogP contribution in [-0.4, -0.2) is 53.6 Å². The second kappa shape index (κ2) is 7.09. The molecule has 0 fully saturated rings. The molecule has 1 aromatic carbocycles. The highest BCUT2D eigenvalue weighted by molar-refractivity contribution is 6.08. The average Bonchev–Trinajstić information content (AvgIpc) is 2.85. The molecule has 0 unspecified atom stereocenters. The van der Waals surface area contributed by atoms with Crippen LogP contribution in [0.3, 0.4) is 0 Å². The highest BCUT2D eigenvalue weighted by Gasteiger charge is 2.34. The molecule has 0 saturated heterocycles. The Hall–Kier alpha value is -2.94. The minimum Gasteiger partial charge on any atom is -0.466 e. The Labute approximate surface area is 137 Å². The van der Waals surface area contributed by atoms with Crippen molar-refractivity contribution in [2.24, 2.45) is 0 Å². The number of nitro benzene ring substituents is 1. The molecule has 1 heterocycles. The van der Waals surface area contributed by atoms with Crippen LogP contribution in [-0.2, 0) is 14.3 Å². The Kier molecular flexibility index (Phi) is 5.14. The number of aliphatic hydroxyl groups is 1. The highest BCUT2D eigenvalue weighted by Crippen LogP contribution is 2.29. The Morgan fingerprint density at radius 1 is 1.50 bits per heavy atom. The third-order valence-electron chi connectivity index (χ3n) is 3.72. The topological polar surface area (TPSA) is 122 Å². The molecule has 1 aromatic rings. The van der Waals surface area contributed by atoms with Crippen molar-refractivity contribution >= 4 is 23.3 Å². The fraction of sp³-hybridized carbons (Fsp3) is 0.333. The zero-order chi connectivity index (χ0) is 17.9. The van der Waals surface area contributed by atoms with Gasteiger partial charge in [-0.05, 0) is 13.0 Å². The molecular formula is C15H17N3O6. The molecule has 0 spiro atoms. The number of esters is 1. The second-order valence-corrected chi connectivity index (χ2v) is 5.13. The van der Waals surface area contributed by atoms with E-state index in [9.17, 15) is 19.7 Å². The zero-order valence-corrected chi connectivity index (χ0v) is 13.2. The van der Waals surface area contributed by atoms with Gasteiger partial charge in [-0.15, -0.1) is 0 Å². The van der Waals surface area contributed by atoms with E-state index in [2.05, 4.69) is 10.1 Å². The monoisotopic (exact) mass is 335 g/mol.